The van der Waals surface area contributed by atoms with E-state index in [4.69, 9.17) is 9.47 Å². The maximum Gasteiger partial charge on any atom is 0.331 e. The summed E-state index contributed by atoms with van der Waals surface area (Å²) in [5, 5.41) is 0.927. The van der Waals surface area contributed by atoms with E-state index in [1.807, 2.05) is 45.0 Å². The minimum atomic E-state index is -0.508. The number of ether oxygens (including phenoxy) is 2. The Morgan fingerprint density at radius 1 is 1.24 bits per heavy atom. The maximum atomic E-state index is 11.8. The molecule has 1 aromatic heterocycles. The average molecular weight is 285 g/mol. The predicted molar refractivity (Wildman–Crippen MR) is 83.2 cm³/mol. The largest absolute Gasteiger partial charge is 0.496 e. The molecule has 2 aromatic rings. The summed E-state index contributed by atoms with van der Waals surface area (Å²) in [6.45, 7) is 5.50. The number of benzene rings is 1. The van der Waals surface area contributed by atoms with Crippen LogP contribution in [-0.4, -0.2) is 23.7 Å². The number of esters is 1. The highest BCUT2D eigenvalue weighted by molar-refractivity contribution is 5.95. The molecule has 0 unspecified atom stereocenters. The molecule has 0 N–H and O–H groups in total. The second kappa shape index (κ2) is 5.95. The molecule has 0 atom stereocenters. The van der Waals surface area contributed by atoms with E-state index < -0.39 is 5.60 Å². The van der Waals surface area contributed by atoms with Crippen molar-refractivity contribution in [1.29, 1.82) is 0 Å². The van der Waals surface area contributed by atoms with Gasteiger partial charge in [0.05, 0.1) is 12.6 Å². The van der Waals surface area contributed by atoms with Crippen molar-refractivity contribution in [3.05, 3.63) is 42.1 Å². The van der Waals surface area contributed by atoms with Gasteiger partial charge >= 0.3 is 5.97 Å². The highest BCUT2D eigenvalue weighted by Crippen LogP contribution is 2.28. The van der Waals surface area contributed by atoms with Gasteiger partial charge in [-0.1, -0.05) is 6.07 Å². The standard InChI is InChI=1S/C17H19NO3/c1-17(2,3)21-16(19)10-7-13-12-6-5-11-18-14(12)8-9-15(13)20-4/h5-11H,1-4H3/b10-7+. The van der Waals surface area contributed by atoms with Crippen LogP contribution in [0.2, 0.25) is 0 Å². The Labute approximate surface area is 124 Å². The number of nitrogens with zero attached hydrogens (tertiary/aromatic N) is 1. The van der Waals surface area contributed by atoms with Gasteiger partial charge in [0.1, 0.15) is 11.4 Å². The molecule has 0 aliphatic rings. The number of aromatic nitrogens is 1. The van der Waals surface area contributed by atoms with E-state index in [0.29, 0.717) is 5.75 Å². The Morgan fingerprint density at radius 3 is 2.67 bits per heavy atom. The highest BCUT2D eigenvalue weighted by Gasteiger charge is 2.14. The Kier molecular flexibility index (Phi) is 4.26. The van der Waals surface area contributed by atoms with Gasteiger partial charge in [0, 0.05) is 23.2 Å². The number of pyridine rings is 1. The fourth-order valence-electron chi connectivity index (χ4n) is 1.99. The summed E-state index contributed by atoms with van der Waals surface area (Å²) in [4.78, 5) is 16.1. The normalized spacial score (nSPS) is 11.8. The number of fused-ring (bicyclic) bond motifs is 1. The first-order chi connectivity index (χ1) is 9.90. The van der Waals surface area contributed by atoms with Gasteiger partial charge in [-0.25, -0.2) is 4.79 Å². The molecule has 0 bridgehead atoms. The van der Waals surface area contributed by atoms with Gasteiger partial charge in [-0.15, -0.1) is 0 Å². The van der Waals surface area contributed by atoms with Gasteiger partial charge in [-0.05, 0) is 45.0 Å². The van der Waals surface area contributed by atoms with Crippen LogP contribution in [0.25, 0.3) is 17.0 Å². The van der Waals surface area contributed by atoms with Crippen LogP contribution < -0.4 is 4.74 Å². The van der Waals surface area contributed by atoms with Gasteiger partial charge < -0.3 is 9.47 Å². The quantitative estimate of drug-likeness (QED) is 0.638. The van der Waals surface area contributed by atoms with Crippen molar-refractivity contribution in [3.63, 3.8) is 0 Å². The molecular weight excluding hydrogens is 266 g/mol. The highest BCUT2D eigenvalue weighted by atomic mass is 16.6. The molecule has 0 fully saturated rings. The molecule has 1 aromatic carbocycles. The number of methoxy groups -OCH3 is 1. The summed E-state index contributed by atoms with van der Waals surface area (Å²) in [7, 11) is 1.60. The molecular formula is C17H19NO3. The minimum Gasteiger partial charge on any atom is -0.496 e. The Balaban J connectivity index is 2.38. The van der Waals surface area contributed by atoms with Crippen molar-refractivity contribution in [3.8, 4) is 5.75 Å². The first-order valence-corrected chi connectivity index (χ1v) is 6.73. The van der Waals surface area contributed by atoms with E-state index in [9.17, 15) is 4.79 Å². The van der Waals surface area contributed by atoms with Crippen LogP contribution in [0.1, 0.15) is 26.3 Å². The van der Waals surface area contributed by atoms with Crippen LogP contribution in [0.15, 0.2) is 36.5 Å². The Morgan fingerprint density at radius 2 is 2.00 bits per heavy atom. The van der Waals surface area contributed by atoms with Crippen molar-refractivity contribution >= 4 is 22.9 Å². The van der Waals surface area contributed by atoms with E-state index in [2.05, 4.69) is 4.98 Å². The lowest BCUT2D eigenvalue weighted by atomic mass is 10.1. The summed E-state index contributed by atoms with van der Waals surface area (Å²) in [5.41, 5.74) is 1.15. The van der Waals surface area contributed by atoms with E-state index in [0.717, 1.165) is 16.5 Å². The number of hydrogen-bond donors (Lipinski definition) is 0. The van der Waals surface area contributed by atoms with Crippen molar-refractivity contribution in [2.45, 2.75) is 26.4 Å². The van der Waals surface area contributed by atoms with E-state index in [1.165, 1.54) is 6.08 Å². The molecule has 0 amide bonds. The SMILES string of the molecule is COc1ccc2ncccc2c1/C=C/C(=O)OC(C)(C)C. The van der Waals surface area contributed by atoms with Gasteiger partial charge in [0.25, 0.3) is 0 Å². The molecule has 0 aliphatic heterocycles. The lowest BCUT2D eigenvalue weighted by Gasteiger charge is -2.18. The summed E-state index contributed by atoms with van der Waals surface area (Å²) < 4.78 is 10.6. The monoisotopic (exact) mass is 285 g/mol. The van der Waals surface area contributed by atoms with Crippen molar-refractivity contribution in [2.24, 2.45) is 0 Å². The van der Waals surface area contributed by atoms with Crippen LogP contribution in [0.5, 0.6) is 5.75 Å². The molecule has 0 saturated heterocycles. The zero-order chi connectivity index (χ0) is 15.5. The van der Waals surface area contributed by atoms with Crippen LogP contribution in [0.3, 0.4) is 0 Å². The lowest BCUT2D eigenvalue weighted by molar-refractivity contribution is -0.148. The molecule has 0 spiro atoms. The molecule has 110 valence electrons. The van der Waals surface area contributed by atoms with E-state index in [1.54, 1.807) is 19.4 Å². The van der Waals surface area contributed by atoms with Crippen molar-refractivity contribution in [2.75, 3.05) is 7.11 Å². The fourth-order valence-corrected chi connectivity index (χ4v) is 1.99. The topological polar surface area (TPSA) is 48.4 Å². The first-order valence-electron chi connectivity index (χ1n) is 6.73. The van der Waals surface area contributed by atoms with Gasteiger partial charge in [-0.2, -0.15) is 0 Å². The number of hydrogen-bond acceptors (Lipinski definition) is 4. The molecule has 1 heterocycles. The second-order valence-electron chi connectivity index (χ2n) is 5.62. The molecule has 4 heteroatoms. The van der Waals surface area contributed by atoms with E-state index in [-0.39, 0.29) is 5.97 Å². The van der Waals surface area contributed by atoms with E-state index >= 15 is 0 Å². The maximum absolute atomic E-state index is 11.8. The van der Waals surface area contributed by atoms with Crippen LogP contribution in [0, 0.1) is 0 Å². The third-order valence-corrected chi connectivity index (χ3v) is 2.80. The van der Waals surface area contributed by atoms with Gasteiger partial charge in [0.2, 0.25) is 0 Å². The average Bonchev–Trinajstić information content (AvgIpc) is 2.42. The van der Waals surface area contributed by atoms with Crippen LogP contribution >= 0.6 is 0 Å². The molecule has 2 rings (SSSR count). The number of rotatable bonds is 3. The zero-order valence-corrected chi connectivity index (χ0v) is 12.7. The van der Waals surface area contributed by atoms with Crippen LogP contribution in [-0.2, 0) is 9.53 Å². The predicted octanol–water partition coefficient (Wildman–Crippen LogP) is 3.60. The number of carbonyl (C=O) groups excluding carboxylic acids is 1. The molecule has 0 saturated carbocycles. The van der Waals surface area contributed by atoms with Gasteiger partial charge in [0.15, 0.2) is 0 Å². The van der Waals surface area contributed by atoms with Crippen molar-refractivity contribution < 1.29 is 14.3 Å². The molecule has 0 radical (unpaired) electrons. The Bertz CT molecular complexity index is 684. The molecule has 4 nitrogen and oxygen atoms in total. The summed E-state index contributed by atoms with van der Waals surface area (Å²) >= 11 is 0. The van der Waals surface area contributed by atoms with Gasteiger partial charge in [-0.3, -0.25) is 4.98 Å². The molecule has 21 heavy (non-hydrogen) atoms. The Hall–Kier alpha value is -2.36. The first kappa shape index (κ1) is 15.0. The summed E-state index contributed by atoms with van der Waals surface area (Å²) in [6, 6.07) is 7.52. The minimum absolute atomic E-state index is 0.384. The summed E-state index contributed by atoms with van der Waals surface area (Å²) in [5.74, 6) is 0.306. The fraction of sp³-hybridized carbons (Fsp3) is 0.294. The van der Waals surface area contributed by atoms with Crippen molar-refractivity contribution in [1.82, 2.24) is 4.98 Å². The third kappa shape index (κ3) is 3.81. The smallest absolute Gasteiger partial charge is 0.331 e. The zero-order valence-electron chi connectivity index (χ0n) is 12.7. The van der Waals surface area contributed by atoms with Crippen LogP contribution in [0.4, 0.5) is 0 Å². The lowest BCUT2D eigenvalue weighted by Crippen LogP contribution is -2.22. The molecule has 0 aliphatic carbocycles. The third-order valence-electron chi connectivity index (χ3n) is 2.80. The summed E-state index contributed by atoms with van der Waals surface area (Å²) in [6.07, 6.45) is 4.85. The number of carbonyl (C=O) groups is 1. The second-order valence-corrected chi connectivity index (χ2v) is 5.62.